The van der Waals surface area contributed by atoms with Crippen LogP contribution in [0.25, 0.3) is 0 Å². The summed E-state index contributed by atoms with van der Waals surface area (Å²) >= 11 is 0. The van der Waals surface area contributed by atoms with Crippen LogP contribution < -0.4 is 0 Å². The molecule has 0 spiro atoms. The second-order valence-corrected chi connectivity index (χ2v) is 4.20. The van der Waals surface area contributed by atoms with Crippen LogP contribution in [0.5, 0.6) is 0 Å². The first-order valence-corrected chi connectivity index (χ1v) is 5.45. The number of rotatable bonds is 6. The van der Waals surface area contributed by atoms with Crippen LogP contribution in [-0.4, -0.2) is 25.4 Å². The molecule has 1 saturated carbocycles. The van der Waals surface area contributed by atoms with Gasteiger partial charge in [0.05, 0.1) is 37.9 Å². The Morgan fingerprint density at radius 1 is 1.00 bits per heavy atom. The summed E-state index contributed by atoms with van der Waals surface area (Å²) in [5, 5.41) is 0. The predicted octanol–water partition coefficient (Wildman–Crippen LogP) is 2.10. The second kappa shape index (κ2) is 4.71. The lowest BCUT2D eigenvalue weighted by molar-refractivity contribution is 0.0810. The first kappa shape index (κ1) is 10.6. The molecule has 0 N–H and O–H groups in total. The summed E-state index contributed by atoms with van der Waals surface area (Å²) in [6, 6.07) is 0. The number of epoxide rings is 1. The maximum atomic E-state index is 5.54. The van der Waals surface area contributed by atoms with E-state index in [-0.39, 0.29) is 0 Å². The van der Waals surface area contributed by atoms with Crippen molar-refractivity contribution in [3.63, 3.8) is 0 Å². The van der Waals surface area contributed by atoms with Gasteiger partial charge in [0.2, 0.25) is 0 Å². The first-order valence-electron chi connectivity index (χ1n) is 5.45. The predicted molar refractivity (Wildman–Crippen MR) is 57.2 cm³/mol. The van der Waals surface area contributed by atoms with E-state index in [0.717, 1.165) is 26.1 Å². The van der Waals surface area contributed by atoms with Crippen LogP contribution in [0.3, 0.4) is 0 Å². The van der Waals surface area contributed by atoms with Gasteiger partial charge in [-0.2, -0.15) is 0 Å². The summed E-state index contributed by atoms with van der Waals surface area (Å²) in [5.41, 5.74) is 0. The lowest BCUT2D eigenvalue weighted by atomic mass is 9.80. The van der Waals surface area contributed by atoms with E-state index in [1.807, 2.05) is 0 Å². The minimum atomic E-state index is 0.475. The van der Waals surface area contributed by atoms with E-state index < -0.39 is 0 Å². The molecule has 2 aliphatic rings. The Hall–Kier alpha value is -0.960. The maximum absolute atomic E-state index is 5.54. The molecular formula is C12H18O3. The number of ether oxygens (including phenoxy) is 3. The molecule has 0 radical (unpaired) electrons. The average Bonchev–Trinajstić information content (AvgIpc) is 3.00. The fourth-order valence-electron chi connectivity index (χ4n) is 2.37. The van der Waals surface area contributed by atoms with Crippen molar-refractivity contribution in [1.29, 1.82) is 0 Å². The number of fused-ring (bicyclic) bond motifs is 1. The smallest absolute Gasteiger partial charge is 0.0906 e. The zero-order chi connectivity index (χ0) is 10.7. The molecule has 4 atom stereocenters. The molecule has 84 valence electrons. The maximum Gasteiger partial charge on any atom is 0.0906 e. The Morgan fingerprint density at radius 2 is 1.47 bits per heavy atom. The fourth-order valence-corrected chi connectivity index (χ4v) is 2.37. The molecular weight excluding hydrogens is 192 g/mol. The largest absolute Gasteiger partial charge is 0.502 e. The minimum absolute atomic E-state index is 0.475. The molecule has 0 bridgehead atoms. The molecule has 0 amide bonds. The van der Waals surface area contributed by atoms with Crippen molar-refractivity contribution in [2.75, 3.05) is 13.2 Å². The second-order valence-electron chi connectivity index (χ2n) is 4.20. The Balaban J connectivity index is 1.84. The third-order valence-corrected chi connectivity index (χ3v) is 3.28. The van der Waals surface area contributed by atoms with Crippen LogP contribution in [0.1, 0.15) is 12.8 Å². The van der Waals surface area contributed by atoms with Crippen molar-refractivity contribution in [2.24, 2.45) is 11.8 Å². The molecule has 3 heteroatoms. The van der Waals surface area contributed by atoms with E-state index in [2.05, 4.69) is 13.2 Å². The van der Waals surface area contributed by atoms with Crippen LogP contribution in [0.2, 0.25) is 0 Å². The van der Waals surface area contributed by atoms with Crippen molar-refractivity contribution in [1.82, 2.24) is 0 Å². The molecule has 1 heterocycles. The van der Waals surface area contributed by atoms with Gasteiger partial charge in [-0.15, -0.1) is 0 Å². The highest BCUT2D eigenvalue weighted by atomic mass is 16.6. The van der Waals surface area contributed by atoms with Crippen molar-refractivity contribution in [3.8, 4) is 0 Å². The van der Waals surface area contributed by atoms with Gasteiger partial charge in [-0.25, -0.2) is 0 Å². The molecule has 1 aliphatic carbocycles. The third-order valence-electron chi connectivity index (χ3n) is 3.28. The summed E-state index contributed by atoms with van der Waals surface area (Å²) < 4.78 is 16.1. The Labute approximate surface area is 90.7 Å². The van der Waals surface area contributed by atoms with Gasteiger partial charge in [-0.1, -0.05) is 13.2 Å². The van der Waals surface area contributed by atoms with Gasteiger partial charge in [0.25, 0.3) is 0 Å². The van der Waals surface area contributed by atoms with E-state index in [1.54, 1.807) is 0 Å². The van der Waals surface area contributed by atoms with Gasteiger partial charge in [0.15, 0.2) is 0 Å². The minimum Gasteiger partial charge on any atom is -0.502 e. The highest BCUT2D eigenvalue weighted by Gasteiger charge is 2.48. The lowest BCUT2D eigenvalue weighted by Gasteiger charge is -2.28. The van der Waals surface area contributed by atoms with E-state index in [0.29, 0.717) is 24.0 Å². The standard InChI is InChI=1S/C12H18O3/c1-3-13-7-9-5-11-12(15-11)6-10(9)8-14-4-2/h3-4,9-12H,1-2,5-8H2/t9?,10?,11-,12?/m0/s1. The van der Waals surface area contributed by atoms with Gasteiger partial charge >= 0.3 is 0 Å². The van der Waals surface area contributed by atoms with Gasteiger partial charge in [0.1, 0.15) is 0 Å². The fraction of sp³-hybridized carbons (Fsp3) is 0.667. The summed E-state index contributed by atoms with van der Waals surface area (Å²) in [5.74, 6) is 1.04. The van der Waals surface area contributed by atoms with Gasteiger partial charge < -0.3 is 14.2 Å². The van der Waals surface area contributed by atoms with Crippen LogP contribution in [-0.2, 0) is 14.2 Å². The monoisotopic (exact) mass is 210 g/mol. The van der Waals surface area contributed by atoms with Crippen molar-refractivity contribution in [2.45, 2.75) is 25.0 Å². The third kappa shape index (κ3) is 2.53. The van der Waals surface area contributed by atoms with E-state index in [4.69, 9.17) is 14.2 Å². The van der Waals surface area contributed by atoms with Gasteiger partial charge in [0, 0.05) is 11.8 Å². The van der Waals surface area contributed by atoms with E-state index >= 15 is 0 Å². The van der Waals surface area contributed by atoms with Crippen LogP contribution in [0, 0.1) is 11.8 Å². The molecule has 3 unspecified atom stereocenters. The Kier molecular flexibility index (Phi) is 3.31. The SMILES string of the molecule is C=COCC1CC2O[C@H]2CC1COC=C. The highest BCUT2D eigenvalue weighted by Crippen LogP contribution is 2.43. The summed E-state index contributed by atoms with van der Waals surface area (Å²) in [4.78, 5) is 0. The van der Waals surface area contributed by atoms with Gasteiger partial charge in [-0.3, -0.25) is 0 Å². The molecule has 2 fully saturated rings. The normalized spacial score (nSPS) is 37.6. The Bertz CT molecular complexity index is 215. The molecule has 3 nitrogen and oxygen atoms in total. The zero-order valence-electron chi connectivity index (χ0n) is 8.93. The topological polar surface area (TPSA) is 31.0 Å². The van der Waals surface area contributed by atoms with E-state index in [1.165, 1.54) is 12.5 Å². The highest BCUT2D eigenvalue weighted by molar-refractivity contribution is 4.96. The summed E-state index contributed by atoms with van der Waals surface area (Å²) in [7, 11) is 0. The number of hydrogen-bond donors (Lipinski definition) is 0. The van der Waals surface area contributed by atoms with Crippen LogP contribution in [0.4, 0.5) is 0 Å². The molecule has 1 aliphatic heterocycles. The van der Waals surface area contributed by atoms with Crippen molar-refractivity contribution < 1.29 is 14.2 Å². The first-order chi connectivity index (χ1) is 7.35. The van der Waals surface area contributed by atoms with Crippen LogP contribution >= 0.6 is 0 Å². The zero-order valence-corrected chi connectivity index (χ0v) is 8.93. The number of hydrogen-bond acceptors (Lipinski definition) is 3. The molecule has 15 heavy (non-hydrogen) atoms. The van der Waals surface area contributed by atoms with Gasteiger partial charge in [-0.05, 0) is 12.8 Å². The quantitative estimate of drug-likeness (QED) is 0.497. The molecule has 0 aromatic carbocycles. The van der Waals surface area contributed by atoms with Crippen LogP contribution in [0.15, 0.2) is 25.7 Å². The van der Waals surface area contributed by atoms with E-state index in [9.17, 15) is 0 Å². The molecule has 2 rings (SSSR count). The molecule has 0 aromatic rings. The Morgan fingerprint density at radius 3 is 1.87 bits per heavy atom. The summed E-state index contributed by atoms with van der Waals surface area (Å²) in [6.45, 7) is 8.57. The lowest BCUT2D eigenvalue weighted by Crippen LogP contribution is -2.30. The van der Waals surface area contributed by atoms with Crippen molar-refractivity contribution in [3.05, 3.63) is 25.7 Å². The molecule has 1 saturated heterocycles. The molecule has 0 aromatic heterocycles. The van der Waals surface area contributed by atoms with Crippen molar-refractivity contribution >= 4 is 0 Å². The average molecular weight is 210 g/mol. The summed E-state index contributed by atoms with van der Waals surface area (Å²) in [6.07, 6.45) is 6.14.